The zero-order valence-electron chi connectivity index (χ0n) is 16.1. The molecule has 1 aromatic heterocycles. The van der Waals surface area contributed by atoms with E-state index in [1.165, 1.54) is 0 Å². The number of ether oxygens (including phenoxy) is 3. The van der Waals surface area contributed by atoms with E-state index in [2.05, 4.69) is 10.5 Å². The highest BCUT2D eigenvalue weighted by Crippen LogP contribution is 2.32. The molecule has 4 rings (SSSR count). The minimum absolute atomic E-state index is 0.000758. The average Bonchev–Trinajstić information content (AvgIpc) is 3.41. The minimum Gasteiger partial charge on any atom is -0.497 e. The third kappa shape index (κ3) is 4.68. The van der Waals surface area contributed by atoms with Crippen LogP contribution in [-0.2, 0) is 17.6 Å². The summed E-state index contributed by atoms with van der Waals surface area (Å²) in [6, 6.07) is 15.2. The fourth-order valence-corrected chi connectivity index (χ4v) is 3.11. The van der Waals surface area contributed by atoms with Crippen molar-refractivity contribution in [1.82, 2.24) is 10.5 Å². The minimum atomic E-state index is -0.000758. The molecule has 1 N–H and O–H groups in total. The number of aromatic nitrogens is 1. The molecule has 0 spiro atoms. The van der Waals surface area contributed by atoms with E-state index in [-0.39, 0.29) is 12.7 Å². The molecule has 2 heterocycles. The lowest BCUT2D eigenvalue weighted by molar-refractivity contribution is -0.121. The van der Waals surface area contributed by atoms with E-state index in [1.807, 2.05) is 48.5 Å². The Morgan fingerprint density at radius 3 is 2.90 bits per heavy atom. The van der Waals surface area contributed by atoms with Crippen LogP contribution in [0.3, 0.4) is 0 Å². The Morgan fingerprint density at radius 1 is 1.10 bits per heavy atom. The first-order valence-corrected chi connectivity index (χ1v) is 9.46. The third-order valence-corrected chi connectivity index (χ3v) is 4.69. The lowest BCUT2D eigenvalue weighted by Gasteiger charge is -2.05. The van der Waals surface area contributed by atoms with Crippen LogP contribution < -0.4 is 19.5 Å². The van der Waals surface area contributed by atoms with Gasteiger partial charge < -0.3 is 24.1 Å². The Balaban J connectivity index is 1.23. The number of amides is 1. The van der Waals surface area contributed by atoms with Crippen molar-refractivity contribution in [3.63, 3.8) is 0 Å². The molecule has 1 amide bonds. The molecule has 0 unspecified atom stereocenters. The maximum Gasteiger partial charge on any atom is 0.231 e. The van der Waals surface area contributed by atoms with E-state index < -0.39 is 0 Å². The second-order valence-electron chi connectivity index (χ2n) is 6.70. The second kappa shape index (κ2) is 8.68. The molecule has 0 radical (unpaired) electrons. The van der Waals surface area contributed by atoms with Crippen molar-refractivity contribution in [1.29, 1.82) is 0 Å². The molecule has 7 nitrogen and oxygen atoms in total. The predicted molar refractivity (Wildman–Crippen MR) is 106 cm³/mol. The number of methoxy groups -OCH3 is 1. The Morgan fingerprint density at radius 2 is 2.00 bits per heavy atom. The van der Waals surface area contributed by atoms with E-state index in [1.54, 1.807) is 7.11 Å². The van der Waals surface area contributed by atoms with Gasteiger partial charge in [-0.15, -0.1) is 0 Å². The summed E-state index contributed by atoms with van der Waals surface area (Å²) in [5, 5.41) is 7.00. The van der Waals surface area contributed by atoms with Crippen molar-refractivity contribution < 1.29 is 23.5 Å². The Kier molecular flexibility index (Phi) is 5.65. The smallest absolute Gasteiger partial charge is 0.231 e. The van der Waals surface area contributed by atoms with E-state index in [9.17, 15) is 4.79 Å². The molecule has 150 valence electrons. The third-order valence-electron chi connectivity index (χ3n) is 4.69. The van der Waals surface area contributed by atoms with Crippen molar-refractivity contribution in [3.05, 3.63) is 59.8 Å². The zero-order valence-corrected chi connectivity index (χ0v) is 16.1. The highest BCUT2D eigenvalue weighted by molar-refractivity contribution is 5.76. The zero-order chi connectivity index (χ0) is 20.1. The van der Waals surface area contributed by atoms with Gasteiger partial charge in [0.1, 0.15) is 5.75 Å². The van der Waals surface area contributed by atoms with Gasteiger partial charge in [-0.05, 0) is 36.2 Å². The number of carbonyl (C=O) groups is 1. The topological polar surface area (TPSA) is 82.8 Å². The highest BCUT2D eigenvalue weighted by atomic mass is 16.7. The predicted octanol–water partition coefficient (Wildman–Crippen LogP) is 3.37. The number of rotatable bonds is 8. The number of hydrogen-bond acceptors (Lipinski definition) is 6. The van der Waals surface area contributed by atoms with Gasteiger partial charge in [-0.25, -0.2) is 0 Å². The number of hydrogen-bond donors (Lipinski definition) is 1. The van der Waals surface area contributed by atoms with Crippen LogP contribution in [0.25, 0.3) is 11.3 Å². The van der Waals surface area contributed by atoms with E-state index in [4.69, 9.17) is 18.7 Å². The van der Waals surface area contributed by atoms with Crippen LogP contribution in [0.1, 0.15) is 17.7 Å². The first kappa shape index (κ1) is 18.9. The SMILES string of the molecule is COc1cccc(-c2cc(CCNC(=O)CCc3ccc4c(c3)OCO4)no2)c1. The largest absolute Gasteiger partial charge is 0.497 e. The van der Waals surface area contributed by atoms with Gasteiger partial charge in [0.05, 0.1) is 12.8 Å². The standard InChI is InChI=1S/C22H22N2O5/c1-26-18-4-2-3-16(12-18)20-13-17(24-29-20)9-10-23-22(25)8-6-15-5-7-19-21(11-15)28-14-27-19/h2-5,7,11-13H,6,8-10,14H2,1H3,(H,23,25). The number of benzene rings is 2. The molecule has 0 bridgehead atoms. The Bertz CT molecular complexity index is 998. The van der Waals surface area contributed by atoms with Crippen LogP contribution in [0, 0.1) is 0 Å². The van der Waals surface area contributed by atoms with Gasteiger partial charge in [-0.3, -0.25) is 4.79 Å². The Labute approximate surface area is 168 Å². The number of nitrogens with zero attached hydrogens (tertiary/aromatic N) is 1. The number of fused-ring (bicyclic) bond motifs is 1. The average molecular weight is 394 g/mol. The summed E-state index contributed by atoms with van der Waals surface area (Å²) >= 11 is 0. The summed E-state index contributed by atoms with van der Waals surface area (Å²) < 4.78 is 21.3. The summed E-state index contributed by atoms with van der Waals surface area (Å²) in [6.45, 7) is 0.755. The molecule has 0 aliphatic carbocycles. The molecule has 29 heavy (non-hydrogen) atoms. The van der Waals surface area contributed by atoms with E-state index in [0.717, 1.165) is 34.1 Å². The van der Waals surface area contributed by atoms with Gasteiger partial charge in [0.2, 0.25) is 12.7 Å². The van der Waals surface area contributed by atoms with Gasteiger partial charge >= 0.3 is 0 Å². The number of aryl methyl sites for hydroxylation is 1. The number of carbonyl (C=O) groups excluding carboxylic acids is 1. The van der Waals surface area contributed by atoms with Crippen molar-refractivity contribution in [2.75, 3.05) is 20.4 Å². The normalized spacial score (nSPS) is 12.0. The van der Waals surface area contributed by atoms with Crippen LogP contribution in [0.15, 0.2) is 53.1 Å². The lowest BCUT2D eigenvalue weighted by Crippen LogP contribution is -2.25. The van der Waals surface area contributed by atoms with Gasteiger partial charge in [0.15, 0.2) is 17.3 Å². The molecule has 0 fully saturated rings. The van der Waals surface area contributed by atoms with Crippen molar-refractivity contribution in [3.8, 4) is 28.6 Å². The first-order valence-electron chi connectivity index (χ1n) is 9.46. The van der Waals surface area contributed by atoms with Crippen molar-refractivity contribution in [2.45, 2.75) is 19.3 Å². The summed E-state index contributed by atoms with van der Waals surface area (Å²) in [7, 11) is 1.63. The molecule has 0 saturated heterocycles. The van der Waals surface area contributed by atoms with Crippen LogP contribution in [0.4, 0.5) is 0 Å². The molecular weight excluding hydrogens is 372 g/mol. The maximum absolute atomic E-state index is 12.1. The summed E-state index contributed by atoms with van der Waals surface area (Å²) in [4.78, 5) is 12.1. The summed E-state index contributed by atoms with van der Waals surface area (Å²) in [6.07, 6.45) is 1.66. The van der Waals surface area contributed by atoms with Crippen LogP contribution in [0.2, 0.25) is 0 Å². The molecule has 2 aromatic carbocycles. The monoisotopic (exact) mass is 394 g/mol. The second-order valence-corrected chi connectivity index (χ2v) is 6.70. The van der Waals surface area contributed by atoms with E-state index in [0.29, 0.717) is 31.6 Å². The Hall–Kier alpha value is -3.48. The van der Waals surface area contributed by atoms with Gasteiger partial charge in [-0.2, -0.15) is 0 Å². The highest BCUT2D eigenvalue weighted by Gasteiger charge is 2.14. The van der Waals surface area contributed by atoms with Crippen LogP contribution in [0.5, 0.6) is 17.2 Å². The van der Waals surface area contributed by atoms with Gasteiger partial charge in [0, 0.05) is 31.0 Å². The molecule has 1 aliphatic rings. The van der Waals surface area contributed by atoms with Crippen LogP contribution >= 0.6 is 0 Å². The van der Waals surface area contributed by atoms with E-state index >= 15 is 0 Å². The van der Waals surface area contributed by atoms with Crippen molar-refractivity contribution in [2.24, 2.45) is 0 Å². The fourth-order valence-electron chi connectivity index (χ4n) is 3.11. The van der Waals surface area contributed by atoms with Gasteiger partial charge in [0.25, 0.3) is 0 Å². The molecular formula is C22H22N2O5. The quantitative estimate of drug-likeness (QED) is 0.631. The molecule has 0 atom stereocenters. The van der Waals surface area contributed by atoms with Gasteiger partial charge in [-0.1, -0.05) is 23.4 Å². The summed E-state index contributed by atoms with van der Waals surface area (Å²) in [5.41, 5.74) is 2.73. The fraction of sp³-hybridized carbons (Fsp3) is 0.273. The van der Waals surface area contributed by atoms with Crippen LogP contribution in [-0.4, -0.2) is 31.5 Å². The number of nitrogens with one attached hydrogen (secondary N) is 1. The lowest BCUT2D eigenvalue weighted by atomic mass is 10.1. The maximum atomic E-state index is 12.1. The molecule has 1 aliphatic heterocycles. The molecule has 7 heteroatoms. The molecule has 3 aromatic rings. The first-order chi connectivity index (χ1) is 14.2. The van der Waals surface area contributed by atoms with Crippen molar-refractivity contribution >= 4 is 5.91 Å². The molecule has 0 saturated carbocycles. The summed E-state index contributed by atoms with van der Waals surface area (Å²) in [5.74, 6) is 2.92.